The normalized spacial score (nSPS) is 9.53. The van der Waals surface area contributed by atoms with E-state index in [4.69, 9.17) is 20.7 Å². The van der Waals surface area contributed by atoms with Crippen LogP contribution in [0.4, 0.5) is 5.82 Å². The molecule has 0 saturated carbocycles. The van der Waals surface area contributed by atoms with E-state index in [1.807, 2.05) is 12.1 Å². The molecule has 2 N–H and O–H groups in total. The van der Waals surface area contributed by atoms with Crippen molar-refractivity contribution < 1.29 is 4.42 Å². The molecule has 0 amide bonds. The van der Waals surface area contributed by atoms with Crippen LogP contribution in [0.25, 0.3) is 11.3 Å². The Morgan fingerprint density at radius 3 is 2.53 bits per heavy atom. The van der Waals surface area contributed by atoms with Gasteiger partial charge in [0.05, 0.1) is 0 Å². The summed E-state index contributed by atoms with van der Waals surface area (Å²) in [5.41, 5.74) is 6.44. The van der Waals surface area contributed by atoms with Crippen LogP contribution >= 0.6 is 0 Å². The summed E-state index contributed by atoms with van der Waals surface area (Å²) in [5, 5.41) is 18.2. The SMILES string of the molecule is N#Cc1c(N)nc([Se-])c(C#N)c1-c1ccco1. The van der Waals surface area contributed by atoms with Gasteiger partial charge in [0.15, 0.2) is 0 Å². The van der Waals surface area contributed by atoms with E-state index in [1.54, 1.807) is 12.1 Å². The summed E-state index contributed by atoms with van der Waals surface area (Å²) in [6.45, 7) is 0. The van der Waals surface area contributed by atoms with Crippen LogP contribution in [-0.4, -0.2) is 21.0 Å². The van der Waals surface area contributed by atoms with Gasteiger partial charge in [-0.3, -0.25) is 0 Å². The average molecular weight is 288 g/mol. The van der Waals surface area contributed by atoms with Crippen LogP contribution in [0, 0.1) is 22.7 Å². The molecule has 0 unspecified atom stereocenters. The Morgan fingerprint density at radius 1 is 1.29 bits per heavy atom. The van der Waals surface area contributed by atoms with Crippen LogP contribution in [0.2, 0.25) is 0 Å². The van der Waals surface area contributed by atoms with Crippen molar-refractivity contribution in [3.8, 4) is 23.5 Å². The summed E-state index contributed by atoms with van der Waals surface area (Å²) in [4.78, 5) is 3.92. The summed E-state index contributed by atoms with van der Waals surface area (Å²) in [6, 6.07) is 7.27. The molecule has 6 heteroatoms. The number of anilines is 1. The number of nitriles is 2. The Hall–Kier alpha value is -2.27. The molecule has 17 heavy (non-hydrogen) atoms. The quantitative estimate of drug-likeness (QED) is 0.768. The summed E-state index contributed by atoms with van der Waals surface area (Å²) in [6.07, 6.45) is 1.47. The number of nitrogens with zero attached hydrogens (tertiary/aromatic N) is 3. The third kappa shape index (κ3) is 1.76. The number of furan rings is 1. The monoisotopic (exact) mass is 289 g/mol. The van der Waals surface area contributed by atoms with Gasteiger partial charge in [0, 0.05) is 0 Å². The zero-order chi connectivity index (χ0) is 12.4. The first-order chi connectivity index (χ1) is 8.19. The van der Waals surface area contributed by atoms with Gasteiger partial charge < -0.3 is 0 Å². The van der Waals surface area contributed by atoms with Gasteiger partial charge in [-0.25, -0.2) is 0 Å². The summed E-state index contributed by atoms with van der Waals surface area (Å²) < 4.78 is 5.57. The van der Waals surface area contributed by atoms with Crippen LogP contribution in [0.15, 0.2) is 22.8 Å². The van der Waals surface area contributed by atoms with Gasteiger partial charge in [0.1, 0.15) is 0 Å². The number of hydrogen-bond donors (Lipinski definition) is 1. The maximum absolute atomic E-state index is 9.11. The molecular weight excluding hydrogens is 283 g/mol. The fraction of sp³-hybridized carbons (Fsp3) is 0. The van der Waals surface area contributed by atoms with E-state index in [2.05, 4.69) is 21.0 Å². The van der Waals surface area contributed by atoms with Crippen molar-refractivity contribution in [2.45, 2.75) is 0 Å². The second-order valence-corrected chi connectivity index (χ2v) is 3.94. The molecule has 0 aliphatic carbocycles. The fourth-order valence-corrected chi connectivity index (χ4v) is 1.98. The van der Waals surface area contributed by atoms with E-state index >= 15 is 0 Å². The molecular formula is C11H5N4OSe-. The van der Waals surface area contributed by atoms with E-state index in [9.17, 15) is 0 Å². The molecule has 0 saturated heterocycles. The van der Waals surface area contributed by atoms with Crippen LogP contribution in [-0.2, 0) is 0 Å². The molecule has 0 spiro atoms. The summed E-state index contributed by atoms with van der Waals surface area (Å²) in [5.74, 6) is 0.496. The maximum atomic E-state index is 9.11. The van der Waals surface area contributed by atoms with Crippen molar-refractivity contribution in [1.82, 2.24) is 4.98 Å². The van der Waals surface area contributed by atoms with Crippen molar-refractivity contribution in [3.63, 3.8) is 0 Å². The van der Waals surface area contributed by atoms with Gasteiger partial charge in [0.25, 0.3) is 0 Å². The van der Waals surface area contributed by atoms with Crippen molar-refractivity contribution in [3.05, 3.63) is 29.5 Å². The number of rotatable bonds is 1. The van der Waals surface area contributed by atoms with E-state index in [1.165, 1.54) is 6.26 Å². The number of hydrogen-bond acceptors (Lipinski definition) is 5. The predicted octanol–water partition coefficient (Wildman–Crippen LogP) is 0.461. The molecule has 0 aromatic carbocycles. The van der Waals surface area contributed by atoms with E-state index in [-0.39, 0.29) is 16.9 Å². The first-order valence-electron chi connectivity index (χ1n) is 4.53. The van der Waals surface area contributed by atoms with E-state index < -0.39 is 0 Å². The molecule has 2 aromatic rings. The summed E-state index contributed by atoms with van der Waals surface area (Å²) >= 11 is 2.65. The third-order valence-electron chi connectivity index (χ3n) is 2.18. The standard InChI is InChI=1S/C11H6N4OSe/c12-4-6-9(8-2-1-3-16-8)7(5-13)11(17)15-10(6)14/h1-3H,(H3,14,15,17)/p-1. The Kier molecular flexibility index (Phi) is 2.84. The number of aromatic nitrogens is 1. The molecule has 2 rings (SSSR count). The number of nitrogen functional groups attached to an aromatic ring is 1. The Labute approximate surface area is 105 Å². The van der Waals surface area contributed by atoms with Gasteiger partial charge in [-0.1, -0.05) is 0 Å². The van der Waals surface area contributed by atoms with Crippen LogP contribution in [0.1, 0.15) is 11.1 Å². The molecule has 0 atom stereocenters. The zero-order valence-corrected chi connectivity index (χ0v) is 10.2. The third-order valence-corrected chi connectivity index (χ3v) is 2.80. The van der Waals surface area contributed by atoms with Gasteiger partial charge in [-0.15, -0.1) is 0 Å². The molecule has 0 bridgehead atoms. The second kappa shape index (κ2) is 4.31. The Balaban J connectivity index is 2.89. The van der Waals surface area contributed by atoms with Gasteiger partial charge in [-0.2, -0.15) is 0 Å². The number of pyridine rings is 1. The predicted molar refractivity (Wildman–Crippen MR) is 61.2 cm³/mol. The average Bonchev–Trinajstić information content (AvgIpc) is 2.81. The fourth-order valence-electron chi connectivity index (χ4n) is 1.47. The topological polar surface area (TPSA) is 99.6 Å². The van der Waals surface area contributed by atoms with Crippen LogP contribution in [0.5, 0.6) is 0 Å². The van der Waals surface area contributed by atoms with Crippen molar-refractivity contribution in [2.24, 2.45) is 0 Å². The van der Waals surface area contributed by atoms with Crippen molar-refractivity contribution in [2.75, 3.05) is 5.73 Å². The number of nitrogens with two attached hydrogens (primary N) is 1. The first kappa shape index (κ1) is 11.2. The Morgan fingerprint density at radius 2 is 2.00 bits per heavy atom. The summed E-state index contributed by atoms with van der Waals surface area (Å²) in [7, 11) is 0. The minimum atomic E-state index is 0.0756. The first-order valence-corrected chi connectivity index (χ1v) is 5.39. The van der Waals surface area contributed by atoms with Crippen LogP contribution < -0.4 is 10.3 Å². The molecule has 0 radical (unpaired) electrons. The van der Waals surface area contributed by atoms with Crippen molar-refractivity contribution >= 4 is 26.4 Å². The molecule has 2 heterocycles. The Bertz CT molecular complexity index is 611. The second-order valence-electron chi connectivity index (χ2n) is 3.13. The van der Waals surface area contributed by atoms with E-state index in [0.29, 0.717) is 15.9 Å². The van der Waals surface area contributed by atoms with Gasteiger partial charge in [-0.05, 0) is 0 Å². The van der Waals surface area contributed by atoms with Crippen LogP contribution in [0.3, 0.4) is 0 Å². The molecule has 5 nitrogen and oxygen atoms in total. The zero-order valence-electron chi connectivity index (χ0n) is 8.47. The van der Waals surface area contributed by atoms with E-state index in [0.717, 1.165) is 0 Å². The van der Waals surface area contributed by atoms with Crippen molar-refractivity contribution in [1.29, 1.82) is 10.5 Å². The molecule has 0 fully saturated rings. The molecule has 0 aliphatic heterocycles. The van der Waals surface area contributed by atoms with Gasteiger partial charge in [0.2, 0.25) is 0 Å². The molecule has 0 aliphatic rings. The van der Waals surface area contributed by atoms with Gasteiger partial charge >= 0.3 is 105 Å². The molecule has 82 valence electrons. The minimum absolute atomic E-state index is 0.0756. The molecule has 2 aromatic heterocycles.